The zero-order valence-corrected chi connectivity index (χ0v) is 18.8. The van der Waals surface area contributed by atoms with Crippen molar-refractivity contribution < 1.29 is 29.6 Å². The van der Waals surface area contributed by atoms with Gasteiger partial charge in [0.25, 0.3) is 5.91 Å². The van der Waals surface area contributed by atoms with Gasteiger partial charge < -0.3 is 30.4 Å². The molecular weight excluding hydrogens is 471 g/mol. The number of amides is 1. The van der Waals surface area contributed by atoms with Crippen molar-refractivity contribution in [2.75, 3.05) is 12.4 Å². The second kappa shape index (κ2) is 10.4. The maximum absolute atomic E-state index is 12.3. The van der Waals surface area contributed by atoms with Crippen LogP contribution in [0.1, 0.15) is 28.8 Å². The molecule has 0 aliphatic carbocycles. The highest BCUT2D eigenvalue weighted by Crippen LogP contribution is 2.36. The highest BCUT2D eigenvalue weighted by Gasteiger charge is 2.28. The minimum Gasteiger partial charge on any atom is -0.497 e. The summed E-state index contributed by atoms with van der Waals surface area (Å²) in [5.41, 5.74) is 4.79. The monoisotopic (exact) mass is 490 g/mol. The number of carboxylic acids is 1. The number of aromatic nitrogens is 1. The third-order valence-electron chi connectivity index (χ3n) is 4.49. The second-order valence-corrected chi connectivity index (χ2v) is 8.95. The molecule has 0 bridgehead atoms. The number of aryl methyl sites for hydroxylation is 1. The molecule has 2 aromatic rings. The summed E-state index contributed by atoms with van der Waals surface area (Å²) in [6.07, 6.45) is 2.22. The van der Waals surface area contributed by atoms with Gasteiger partial charge in [0.15, 0.2) is 6.29 Å². The normalized spacial score (nSPS) is 14.2. The molecule has 1 amide bonds. The molecule has 1 aromatic heterocycles. The van der Waals surface area contributed by atoms with Crippen molar-refractivity contribution in [1.82, 2.24) is 4.98 Å². The van der Waals surface area contributed by atoms with Crippen LogP contribution in [-0.2, 0) is 16.0 Å². The first-order valence-corrected chi connectivity index (χ1v) is 10.1. The number of anilines is 1. The summed E-state index contributed by atoms with van der Waals surface area (Å²) in [5, 5.41) is 27.7. The van der Waals surface area contributed by atoms with Gasteiger partial charge in [0.2, 0.25) is 3.79 Å². The SMILES string of the molecule is COc1ccc2c(c1)C(=Cc1[nH]cc(CCC(=O)O)c1C)C(=O)N2.OC(O)C(Cl)(Cl)Cl. The quantitative estimate of drug-likeness (QED) is 0.247. The van der Waals surface area contributed by atoms with Crippen molar-refractivity contribution in [3.8, 4) is 5.75 Å². The van der Waals surface area contributed by atoms with Crippen LogP contribution in [0, 0.1) is 6.92 Å². The number of carboxylic acid groups (broad SMARTS) is 1. The van der Waals surface area contributed by atoms with Gasteiger partial charge in [-0.05, 0) is 48.7 Å². The van der Waals surface area contributed by atoms with Crippen molar-refractivity contribution >= 4 is 64.0 Å². The van der Waals surface area contributed by atoms with Crippen LogP contribution in [0.15, 0.2) is 24.4 Å². The Balaban J connectivity index is 0.000000423. The van der Waals surface area contributed by atoms with E-state index in [4.69, 9.17) is 54.9 Å². The van der Waals surface area contributed by atoms with Gasteiger partial charge in [-0.15, -0.1) is 0 Å². The molecule has 1 aromatic carbocycles. The number of nitrogens with one attached hydrogen (secondary N) is 2. The first-order valence-electron chi connectivity index (χ1n) is 8.97. The number of carbonyl (C=O) groups is 2. The zero-order valence-electron chi connectivity index (χ0n) is 16.6. The fourth-order valence-corrected chi connectivity index (χ4v) is 2.79. The van der Waals surface area contributed by atoms with Crippen LogP contribution in [-0.4, -0.2) is 49.4 Å². The minimum atomic E-state index is -1.97. The largest absolute Gasteiger partial charge is 0.497 e. The number of aliphatic hydroxyl groups is 2. The van der Waals surface area contributed by atoms with Gasteiger partial charge >= 0.3 is 5.97 Å². The van der Waals surface area contributed by atoms with E-state index in [0.717, 1.165) is 28.1 Å². The number of hydrogen-bond donors (Lipinski definition) is 5. The molecule has 1 aliphatic heterocycles. The summed E-state index contributed by atoms with van der Waals surface area (Å²) in [7, 11) is 1.58. The molecule has 8 nitrogen and oxygen atoms in total. The summed E-state index contributed by atoms with van der Waals surface area (Å²) >= 11 is 14.7. The van der Waals surface area contributed by atoms with E-state index in [9.17, 15) is 9.59 Å². The molecule has 11 heteroatoms. The Bertz CT molecular complexity index is 995. The van der Waals surface area contributed by atoms with E-state index in [-0.39, 0.29) is 12.3 Å². The van der Waals surface area contributed by atoms with Crippen LogP contribution in [0.2, 0.25) is 0 Å². The Morgan fingerprint density at radius 1 is 1.29 bits per heavy atom. The lowest BCUT2D eigenvalue weighted by Crippen LogP contribution is -2.23. The Labute approximate surface area is 193 Å². The Morgan fingerprint density at radius 2 is 1.94 bits per heavy atom. The number of alkyl halides is 3. The molecule has 0 saturated carbocycles. The number of benzene rings is 1. The lowest BCUT2D eigenvalue weighted by Gasteiger charge is -2.10. The number of carbonyl (C=O) groups excluding carboxylic acids is 1. The van der Waals surface area contributed by atoms with Gasteiger partial charge in [-0.25, -0.2) is 0 Å². The fraction of sp³-hybridized carbons (Fsp3) is 0.300. The third-order valence-corrected chi connectivity index (χ3v) is 5.07. The van der Waals surface area contributed by atoms with E-state index >= 15 is 0 Å². The molecule has 2 heterocycles. The number of H-pyrrole nitrogens is 1. The number of halogens is 3. The molecular formula is C20H21Cl3N2O6. The van der Waals surface area contributed by atoms with Crippen molar-refractivity contribution in [1.29, 1.82) is 0 Å². The molecule has 3 rings (SSSR count). The predicted molar refractivity (Wildman–Crippen MR) is 119 cm³/mol. The van der Waals surface area contributed by atoms with Crippen LogP contribution in [0.5, 0.6) is 5.75 Å². The maximum Gasteiger partial charge on any atom is 0.303 e. The molecule has 0 radical (unpaired) electrons. The number of rotatable bonds is 5. The summed E-state index contributed by atoms with van der Waals surface area (Å²) in [6.45, 7) is 1.92. The van der Waals surface area contributed by atoms with E-state index in [1.165, 1.54) is 0 Å². The van der Waals surface area contributed by atoms with Gasteiger partial charge in [0, 0.05) is 29.6 Å². The number of aliphatic hydroxyl groups excluding tert-OH is 1. The topological polar surface area (TPSA) is 132 Å². The number of fused-ring (bicyclic) bond motifs is 1. The summed E-state index contributed by atoms with van der Waals surface area (Å²) in [5.74, 6) is -0.312. The standard InChI is InChI=1S/C18H18N2O4.C2H3Cl3O2/c1-10-11(3-6-17(21)22)9-19-16(10)8-14-13-7-12(24-2)4-5-15(13)20-18(14)23;3-2(4,5)1(6)7/h4-5,7-9,19H,3,6H2,1-2H3,(H,20,23)(H,21,22);1,6-7H. The molecule has 0 spiro atoms. The smallest absolute Gasteiger partial charge is 0.303 e. The number of aliphatic carboxylic acids is 1. The van der Waals surface area contributed by atoms with E-state index in [0.29, 0.717) is 17.7 Å². The van der Waals surface area contributed by atoms with Crippen LogP contribution in [0.3, 0.4) is 0 Å². The highest BCUT2D eigenvalue weighted by atomic mass is 35.6. The van der Waals surface area contributed by atoms with Crippen LogP contribution in [0.25, 0.3) is 11.6 Å². The van der Waals surface area contributed by atoms with Crippen molar-refractivity contribution in [3.63, 3.8) is 0 Å². The molecule has 0 unspecified atom stereocenters. The van der Waals surface area contributed by atoms with E-state index in [1.54, 1.807) is 25.4 Å². The van der Waals surface area contributed by atoms with Gasteiger partial charge in [-0.1, -0.05) is 34.8 Å². The van der Waals surface area contributed by atoms with Gasteiger partial charge in [-0.3, -0.25) is 9.59 Å². The zero-order chi connectivity index (χ0) is 23.3. The second-order valence-electron chi connectivity index (χ2n) is 6.59. The average Bonchev–Trinajstić information content (AvgIpc) is 3.19. The van der Waals surface area contributed by atoms with Gasteiger partial charge in [0.1, 0.15) is 5.75 Å². The highest BCUT2D eigenvalue weighted by molar-refractivity contribution is 6.67. The first kappa shape index (κ1) is 25.0. The predicted octanol–water partition coefficient (Wildman–Crippen LogP) is 3.51. The number of aromatic amines is 1. The van der Waals surface area contributed by atoms with Crippen molar-refractivity contribution in [2.45, 2.75) is 29.8 Å². The molecule has 0 saturated heterocycles. The van der Waals surface area contributed by atoms with Gasteiger partial charge in [-0.2, -0.15) is 0 Å². The van der Waals surface area contributed by atoms with E-state index in [2.05, 4.69) is 10.3 Å². The summed E-state index contributed by atoms with van der Waals surface area (Å²) in [6, 6.07) is 5.43. The number of methoxy groups -OCH3 is 1. The molecule has 31 heavy (non-hydrogen) atoms. The van der Waals surface area contributed by atoms with Crippen LogP contribution < -0.4 is 10.1 Å². The van der Waals surface area contributed by atoms with E-state index in [1.807, 2.05) is 19.1 Å². The Hall–Kier alpha value is -2.23. The maximum atomic E-state index is 12.3. The molecule has 168 valence electrons. The summed E-state index contributed by atoms with van der Waals surface area (Å²) in [4.78, 5) is 26.1. The van der Waals surface area contributed by atoms with Crippen molar-refractivity contribution in [3.05, 3.63) is 46.8 Å². The number of hydrogen-bond acceptors (Lipinski definition) is 5. The summed E-state index contributed by atoms with van der Waals surface area (Å²) < 4.78 is 3.25. The Morgan fingerprint density at radius 3 is 2.48 bits per heavy atom. The fourth-order valence-electron chi connectivity index (χ4n) is 2.79. The molecule has 0 fully saturated rings. The van der Waals surface area contributed by atoms with Crippen LogP contribution >= 0.6 is 34.8 Å². The Kier molecular flexibility index (Phi) is 8.39. The lowest BCUT2D eigenvalue weighted by molar-refractivity contribution is -0.137. The molecule has 0 atom stereocenters. The average molecular weight is 492 g/mol. The van der Waals surface area contributed by atoms with E-state index < -0.39 is 16.1 Å². The van der Waals surface area contributed by atoms with Crippen molar-refractivity contribution in [2.24, 2.45) is 0 Å². The number of ether oxygens (including phenoxy) is 1. The molecule has 5 N–H and O–H groups in total. The first-order chi connectivity index (χ1) is 14.4. The third kappa shape index (κ3) is 6.62. The minimum absolute atomic E-state index is 0.0786. The lowest BCUT2D eigenvalue weighted by atomic mass is 10.0. The molecule has 1 aliphatic rings. The van der Waals surface area contributed by atoms with Gasteiger partial charge in [0.05, 0.1) is 12.7 Å². The van der Waals surface area contributed by atoms with Crippen LogP contribution in [0.4, 0.5) is 5.69 Å².